The van der Waals surface area contributed by atoms with Crippen LogP contribution in [0.3, 0.4) is 0 Å². The lowest BCUT2D eigenvalue weighted by atomic mass is 10.1. The van der Waals surface area contributed by atoms with Gasteiger partial charge in [-0.3, -0.25) is 9.48 Å². The number of carboxylic acids is 1. The van der Waals surface area contributed by atoms with Gasteiger partial charge in [0.1, 0.15) is 5.54 Å². The van der Waals surface area contributed by atoms with Crippen LogP contribution in [-0.2, 0) is 11.8 Å². The molecule has 0 radical (unpaired) electrons. The average molecular weight is 257 g/mol. The number of carboxylic acid groups (broad SMARTS) is 1. The molecule has 1 aromatic heterocycles. The van der Waals surface area contributed by atoms with Gasteiger partial charge < -0.3 is 10.4 Å². The molecular formula is C11H19N3O2S. The zero-order valence-corrected chi connectivity index (χ0v) is 11.3. The summed E-state index contributed by atoms with van der Waals surface area (Å²) >= 11 is 1.50. The summed E-state index contributed by atoms with van der Waals surface area (Å²) in [5.74, 6) is -0.337. The lowest BCUT2D eigenvalue weighted by Crippen LogP contribution is -2.51. The van der Waals surface area contributed by atoms with Crippen molar-refractivity contribution < 1.29 is 9.90 Å². The average Bonchev–Trinajstić information content (AvgIpc) is 2.69. The van der Waals surface area contributed by atoms with Crippen LogP contribution < -0.4 is 5.32 Å². The fraction of sp³-hybridized carbons (Fsp3) is 0.636. The Bertz CT molecular complexity index is 381. The lowest BCUT2D eigenvalue weighted by molar-refractivity contribution is -0.143. The van der Waals surface area contributed by atoms with E-state index in [2.05, 4.69) is 10.4 Å². The van der Waals surface area contributed by atoms with Crippen LogP contribution in [0.2, 0.25) is 0 Å². The van der Waals surface area contributed by atoms with Crippen molar-refractivity contribution >= 4 is 17.7 Å². The Hall–Kier alpha value is -1.01. The molecule has 96 valence electrons. The van der Waals surface area contributed by atoms with Crippen molar-refractivity contribution in [2.24, 2.45) is 7.05 Å². The van der Waals surface area contributed by atoms with Gasteiger partial charge in [0.05, 0.1) is 6.20 Å². The van der Waals surface area contributed by atoms with Gasteiger partial charge in [-0.1, -0.05) is 6.92 Å². The summed E-state index contributed by atoms with van der Waals surface area (Å²) in [6.07, 6.45) is 4.54. The number of hydrogen-bond donors (Lipinski definition) is 2. The van der Waals surface area contributed by atoms with Gasteiger partial charge in [0.25, 0.3) is 0 Å². The van der Waals surface area contributed by atoms with Crippen LogP contribution in [0.5, 0.6) is 0 Å². The molecule has 0 aliphatic rings. The van der Waals surface area contributed by atoms with Gasteiger partial charge in [0.2, 0.25) is 0 Å². The van der Waals surface area contributed by atoms with Gasteiger partial charge in [-0.15, -0.1) is 11.8 Å². The molecule has 0 saturated carbocycles. The van der Waals surface area contributed by atoms with E-state index in [4.69, 9.17) is 0 Å². The first-order chi connectivity index (χ1) is 7.98. The smallest absolute Gasteiger partial charge is 0.324 e. The van der Waals surface area contributed by atoms with Crippen LogP contribution in [0.15, 0.2) is 17.3 Å². The quantitative estimate of drug-likeness (QED) is 0.722. The maximum absolute atomic E-state index is 11.3. The number of nitrogens with zero attached hydrogens (tertiary/aromatic N) is 2. The molecule has 1 heterocycles. The Labute approximate surface area is 106 Å². The fourth-order valence-electron chi connectivity index (χ4n) is 1.29. The number of thioether (sulfide) groups is 1. The molecule has 2 N–H and O–H groups in total. The molecule has 1 unspecified atom stereocenters. The van der Waals surface area contributed by atoms with E-state index in [0.717, 1.165) is 11.3 Å². The summed E-state index contributed by atoms with van der Waals surface area (Å²) < 4.78 is 1.71. The molecule has 0 bridgehead atoms. The van der Waals surface area contributed by atoms with Gasteiger partial charge in [0, 0.05) is 23.9 Å². The highest BCUT2D eigenvalue weighted by Crippen LogP contribution is 2.22. The van der Waals surface area contributed by atoms with Gasteiger partial charge in [-0.05, 0) is 19.9 Å². The highest BCUT2D eigenvalue weighted by Gasteiger charge is 2.32. The second-order valence-electron chi connectivity index (χ2n) is 4.20. The van der Waals surface area contributed by atoms with Gasteiger partial charge in [-0.2, -0.15) is 5.10 Å². The molecule has 1 rings (SSSR count). The molecule has 0 saturated heterocycles. The van der Waals surface area contributed by atoms with Gasteiger partial charge in [-0.25, -0.2) is 0 Å². The minimum atomic E-state index is -0.892. The molecule has 0 aromatic carbocycles. The molecule has 0 spiro atoms. The van der Waals surface area contributed by atoms with Crippen molar-refractivity contribution in [3.05, 3.63) is 12.4 Å². The van der Waals surface area contributed by atoms with E-state index in [1.54, 1.807) is 17.8 Å². The first-order valence-corrected chi connectivity index (χ1v) is 6.56. The standard InChI is InChI=1S/C11H19N3O2S/c1-4-5-12-11(2,10(15)16)8-17-9-6-13-14(3)7-9/h6-7,12H,4-5,8H2,1-3H3,(H,15,16). The number of aromatic nitrogens is 2. The number of aryl methyl sites for hydroxylation is 1. The van der Waals surface area contributed by atoms with Crippen molar-refractivity contribution in [1.82, 2.24) is 15.1 Å². The second kappa shape index (κ2) is 6.07. The monoisotopic (exact) mass is 257 g/mol. The Morgan fingerprint density at radius 2 is 2.41 bits per heavy atom. The van der Waals surface area contributed by atoms with E-state index in [-0.39, 0.29) is 0 Å². The minimum Gasteiger partial charge on any atom is -0.480 e. The Morgan fingerprint density at radius 3 is 2.88 bits per heavy atom. The summed E-state index contributed by atoms with van der Waals surface area (Å²) in [7, 11) is 1.84. The first kappa shape index (κ1) is 14.1. The molecule has 0 amide bonds. The zero-order valence-electron chi connectivity index (χ0n) is 10.4. The number of rotatable bonds is 7. The van der Waals surface area contributed by atoms with E-state index in [9.17, 15) is 9.90 Å². The molecule has 1 aromatic rings. The molecule has 0 fully saturated rings. The summed E-state index contributed by atoms with van der Waals surface area (Å²) in [6.45, 7) is 4.44. The predicted molar refractivity (Wildman–Crippen MR) is 68.3 cm³/mol. The second-order valence-corrected chi connectivity index (χ2v) is 5.25. The fourth-order valence-corrected chi connectivity index (χ4v) is 2.32. The number of nitrogens with one attached hydrogen (secondary N) is 1. The highest BCUT2D eigenvalue weighted by molar-refractivity contribution is 7.99. The maximum Gasteiger partial charge on any atom is 0.324 e. The van der Waals surface area contributed by atoms with E-state index in [1.165, 1.54) is 11.8 Å². The summed E-state index contributed by atoms with van der Waals surface area (Å²) in [5, 5.41) is 16.4. The van der Waals surface area contributed by atoms with E-state index < -0.39 is 11.5 Å². The van der Waals surface area contributed by atoms with Gasteiger partial charge >= 0.3 is 5.97 Å². The lowest BCUT2D eigenvalue weighted by Gasteiger charge is -2.25. The molecule has 6 heteroatoms. The topological polar surface area (TPSA) is 67.2 Å². The molecule has 1 atom stereocenters. The number of aliphatic carboxylic acids is 1. The third-order valence-corrected chi connectivity index (χ3v) is 3.71. The molecule has 17 heavy (non-hydrogen) atoms. The highest BCUT2D eigenvalue weighted by atomic mass is 32.2. The zero-order chi connectivity index (χ0) is 12.9. The normalized spacial score (nSPS) is 14.5. The molecule has 0 aliphatic heterocycles. The van der Waals surface area contributed by atoms with E-state index in [1.807, 2.05) is 20.2 Å². The van der Waals surface area contributed by atoms with Crippen molar-refractivity contribution in [2.45, 2.75) is 30.7 Å². The first-order valence-electron chi connectivity index (χ1n) is 5.58. The maximum atomic E-state index is 11.3. The Kier molecular flexibility index (Phi) is 5.02. The van der Waals surface area contributed by atoms with Crippen molar-refractivity contribution in [2.75, 3.05) is 12.3 Å². The van der Waals surface area contributed by atoms with Crippen LogP contribution in [0, 0.1) is 0 Å². The van der Waals surface area contributed by atoms with Crippen LogP contribution in [-0.4, -0.2) is 38.7 Å². The van der Waals surface area contributed by atoms with E-state index in [0.29, 0.717) is 12.3 Å². The van der Waals surface area contributed by atoms with E-state index >= 15 is 0 Å². The van der Waals surface area contributed by atoms with Crippen LogP contribution in [0.25, 0.3) is 0 Å². The number of hydrogen-bond acceptors (Lipinski definition) is 4. The van der Waals surface area contributed by atoms with Crippen LogP contribution in [0.1, 0.15) is 20.3 Å². The van der Waals surface area contributed by atoms with Crippen molar-refractivity contribution in [1.29, 1.82) is 0 Å². The third-order valence-electron chi connectivity index (χ3n) is 2.45. The third kappa shape index (κ3) is 4.05. The molecule has 0 aliphatic carbocycles. The van der Waals surface area contributed by atoms with Crippen molar-refractivity contribution in [3.8, 4) is 0 Å². The predicted octanol–water partition coefficient (Wildman–Crippen LogP) is 1.36. The van der Waals surface area contributed by atoms with Crippen LogP contribution in [0.4, 0.5) is 0 Å². The summed E-state index contributed by atoms with van der Waals surface area (Å²) in [4.78, 5) is 12.2. The molecule has 5 nitrogen and oxygen atoms in total. The summed E-state index contributed by atoms with van der Waals surface area (Å²) in [5.41, 5.74) is -0.892. The van der Waals surface area contributed by atoms with Gasteiger partial charge in [0.15, 0.2) is 0 Å². The molecular weight excluding hydrogens is 238 g/mol. The Balaban J connectivity index is 2.58. The SMILES string of the molecule is CCCNC(C)(CSc1cnn(C)c1)C(=O)O. The van der Waals surface area contributed by atoms with Crippen LogP contribution >= 0.6 is 11.8 Å². The minimum absolute atomic E-state index is 0.480. The van der Waals surface area contributed by atoms with Crippen molar-refractivity contribution in [3.63, 3.8) is 0 Å². The largest absolute Gasteiger partial charge is 0.480 e. The summed E-state index contributed by atoms with van der Waals surface area (Å²) in [6, 6.07) is 0. The Morgan fingerprint density at radius 1 is 1.71 bits per heavy atom. The number of carbonyl (C=O) groups is 1.